The predicted octanol–water partition coefficient (Wildman–Crippen LogP) is 4.45. The lowest BCUT2D eigenvalue weighted by Gasteiger charge is -2.32. The maximum absolute atomic E-state index is 11.8. The van der Waals surface area contributed by atoms with E-state index in [1.165, 1.54) is 0 Å². The maximum Gasteiger partial charge on any atom is 0.272 e. The van der Waals surface area contributed by atoms with E-state index in [1.807, 2.05) is 37.3 Å². The number of halogens is 3. The number of amides is 1. The molecule has 1 aromatic carbocycles. The molecule has 0 unspecified atom stereocenters. The highest BCUT2D eigenvalue weighted by atomic mass is 35.6. The Morgan fingerprint density at radius 1 is 1.19 bits per heavy atom. The summed E-state index contributed by atoms with van der Waals surface area (Å²) >= 11 is 16.8. The lowest BCUT2D eigenvalue weighted by molar-refractivity contribution is -0.121. The molecule has 0 saturated carbocycles. The molecule has 0 radical (unpaired) electrons. The van der Waals surface area contributed by atoms with Gasteiger partial charge in [-0.2, -0.15) is 0 Å². The monoisotopic (exact) mass is 367 g/mol. The van der Waals surface area contributed by atoms with Gasteiger partial charge < -0.3 is 9.74 Å². The van der Waals surface area contributed by atoms with Crippen molar-refractivity contribution in [2.24, 2.45) is 0 Å². The smallest absolute Gasteiger partial charge is 0.272 e. The molecule has 0 aliphatic carbocycles. The van der Waals surface area contributed by atoms with Crippen LogP contribution in [0.4, 0.5) is 0 Å². The zero-order valence-corrected chi connectivity index (χ0v) is 15.8. The molecule has 21 heavy (non-hydrogen) atoms. The molecule has 118 valence electrons. The second-order valence-electron chi connectivity index (χ2n) is 5.82. The van der Waals surface area contributed by atoms with Gasteiger partial charge in [-0.1, -0.05) is 65.1 Å². The van der Waals surface area contributed by atoms with E-state index in [0.29, 0.717) is 0 Å². The van der Waals surface area contributed by atoms with Crippen LogP contribution in [0.25, 0.3) is 0 Å². The molecule has 0 fully saturated rings. The first-order valence-corrected chi connectivity index (χ1v) is 11.2. The van der Waals surface area contributed by atoms with Crippen LogP contribution >= 0.6 is 34.8 Å². The maximum atomic E-state index is 11.8. The van der Waals surface area contributed by atoms with Crippen molar-refractivity contribution in [2.75, 3.05) is 0 Å². The number of hydrogen-bond donors (Lipinski definition) is 1. The molecule has 3 nitrogen and oxygen atoms in total. The van der Waals surface area contributed by atoms with E-state index in [9.17, 15) is 4.79 Å². The number of nitrogens with one attached hydrogen (secondary N) is 1. The molecule has 1 rings (SSSR count). The molecule has 1 N–H and O–H groups in total. The highest BCUT2D eigenvalue weighted by molar-refractivity contribution is 6.76. The third-order valence-corrected chi connectivity index (χ3v) is 4.15. The lowest BCUT2D eigenvalue weighted by atomic mass is 10.0. The van der Waals surface area contributed by atoms with Gasteiger partial charge in [0.15, 0.2) is 8.32 Å². The Balaban J connectivity index is 2.94. The Morgan fingerprint density at radius 3 is 2.14 bits per heavy atom. The van der Waals surface area contributed by atoms with Crippen LogP contribution in [0.1, 0.15) is 18.6 Å². The Hall–Kier alpha value is -0.263. The fourth-order valence-electron chi connectivity index (χ4n) is 1.85. The highest BCUT2D eigenvalue weighted by Gasteiger charge is 2.34. The molecule has 0 heterocycles. The van der Waals surface area contributed by atoms with Crippen molar-refractivity contribution < 1.29 is 9.22 Å². The van der Waals surface area contributed by atoms with Crippen LogP contribution < -0.4 is 5.32 Å². The van der Waals surface area contributed by atoms with Crippen LogP contribution in [-0.2, 0) is 9.22 Å². The van der Waals surface area contributed by atoms with Gasteiger partial charge in [-0.3, -0.25) is 4.79 Å². The number of hydrogen-bond acceptors (Lipinski definition) is 2. The zero-order chi connectivity index (χ0) is 16.3. The Morgan fingerprint density at radius 2 is 1.71 bits per heavy atom. The van der Waals surface area contributed by atoms with E-state index >= 15 is 0 Å². The van der Waals surface area contributed by atoms with Gasteiger partial charge in [0.25, 0.3) is 9.70 Å². The number of benzene rings is 1. The third-order valence-electron chi connectivity index (χ3n) is 2.68. The lowest BCUT2D eigenvalue weighted by Crippen LogP contribution is -2.45. The quantitative estimate of drug-likeness (QED) is 0.616. The number of alkyl halides is 3. The summed E-state index contributed by atoms with van der Waals surface area (Å²) in [4.78, 5) is 11.8. The van der Waals surface area contributed by atoms with Crippen molar-refractivity contribution in [1.29, 1.82) is 0 Å². The first-order valence-electron chi connectivity index (χ1n) is 6.61. The summed E-state index contributed by atoms with van der Waals surface area (Å²) in [6, 6.07) is 9.39. The minimum atomic E-state index is -1.98. The Kier molecular flexibility index (Phi) is 6.56. The van der Waals surface area contributed by atoms with E-state index in [4.69, 9.17) is 39.2 Å². The second-order valence-corrected chi connectivity index (χ2v) is 12.6. The van der Waals surface area contributed by atoms with Gasteiger partial charge in [0.2, 0.25) is 0 Å². The van der Waals surface area contributed by atoms with Crippen molar-refractivity contribution in [3.05, 3.63) is 35.9 Å². The summed E-state index contributed by atoms with van der Waals surface area (Å²) < 4.78 is 4.22. The summed E-state index contributed by atoms with van der Waals surface area (Å²) in [7, 11) is -1.81. The average molecular weight is 369 g/mol. The van der Waals surface area contributed by atoms with Crippen molar-refractivity contribution in [3.63, 3.8) is 0 Å². The van der Waals surface area contributed by atoms with E-state index in [2.05, 4.69) is 25.0 Å². The van der Waals surface area contributed by atoms with Crippen LogP contribution in [0.3, 0.4) is 0 Å². The largest absolute Gasteiger partial charge is 0.409 e. The predicted molar refractivity (Wildman–Crippen MR) is 91.5 cm³/mol. The van der Waals surface area contributed by atoms with Gasteiger partial charge >= 0.3 is 0 Å². The van der Waals surface area contributed by atoms with Crippen molar-refractivity contribution >= 4 is 49.0 Å². The standard InChI is InChI=1S/C14H20Cl3NO2Si/c1-10(18-13(19)14(15,16)17)12(20-21(2,3)4)11-8-6-5-7-9-11/h5-10,12H,1-4H3,(H,18,19)/t10-,12+/m1/s1. The molecule has 0 saturated heterocycles. The molecule has 1 amide bonds. The third kappa shape index (κ3) is 6.57. The van der Waals surface area contributed by atoms with Gasteiger partial charge in [0.1, 0.15) is 0 Å². The average Bonchev–Trinajstić information content (AvgIpc) is 2.34. The Labute approximate surface area is 142 Å². The molecular weight excluding hydrogens is 349 g/mol. The van der Waals surface area contributed by atoms with Gasteiger partial charge in [0, 0.05) is 0 Å². The minimum absolute atomic E-state index is 0.283. The van der Waals surface area contributed by atoms with Gasteiger partial charge in [-0.15, -0.1) is 0 Å². The summed E-state index contributed by atoms with van der Waals surface area (Å²) in [6.07, 6.45) is -0.283. The van der Waals surface area contributed by atoms with E-state index in [1.54, 1.807) is 0 Å². The highest BCUT2D eigenvalue weighted by Crippen LogP contribution is 2.29. The molecule has 2 atom stereocenters. The van der Waals surface area contributed by atoms with Crippen LogP contribution in [0.2, 0.25) is 19.6 Å². The normalized spacial score (nSPS) is 15.4. The van der Waals surface area contributed by atoms with E-state index in [-0.39, 0.29) is 12.1 Å². The molecule has 0 spiro atoms. The number of rotatable bonds is 5. The van der Waals surface area contributed by atoms with Gasteiger partial charge in [0.05, 0.1) is 12.1 Å². The Bertz CT molecular complexity index is 471. The van der Waals surface area contributed by atoms with Crippen molar-refractivity contribution in [2.45, 2.75) is 42.5 Å². The molecule has 1 aromatic rings. The fraction of sp³-hybridized carbons (Fsp3) is 0.500. The SMILES string of the molecule is C[C@@H](NC(=O)C(Cl)(Cl)Cl)[C@H](O[Si](C)(C)C)c1ccccc1. The van der Waals surface area contributed by atoms with E-state index < -0.39 is 18.0 Å². The van der Waals surface area contributed by atoms with Gasteiger partial charge in [-0.05, 0) is 32.1 Å². The first kappa shape index (κ1) is 18.8. The zero-order valence-electron chi connectivity index (χ0n) is 12.5. The molecule has 0 bridgehead atoms. The summed E-state index contributed by atoms with van der Waals surface area (Å²) in [6.45, 7) is 8.11. The molecule has 0 aliphatic heterocycles. The van der Waals surface area contributed by atoms with Crippen LogP contribution in [0.15, 0.2) is 30.3 Å². The van der Waals surface area contributed by atoms with Gasteiger partial charge in [-0.25, -0.2) is 0 Å². The van der Waals surface area contributed by atoms with Crippen molar-refractivity contribution in [3.8, 4) is 0 Å². The van der Waals surface area contributed by atoms with Crippen LogP contribution in [0, 0.1) is 0 Å². The molecule has 0 aliphatic rings. The summed E-state index contributed by atoms with van der Waals surface area (Å²) in [5, 5.41) is 2.70. The summed E-state index contributed by atoms with van der Waals surface area (Å²) in [5.74, 6) is -0.653. The second kappa shape index (κ2) is 7.33. The van der Waals surface area contributed by atoms with E-state index in [0.717, 1.165) is 5.56 Å². The minimum Gasteiger partial charge on any atom is -0.409 e. The van der Waals surface area contributed by atoms with Crippen LogP contribution in [0.5, 0.6) is 0 Å². The molecular formula is C14H20Cl3NO2Si. The van der Waals surface area contributed by atoms with Crippen LogP contribution in [-0.4, -0.2) is 24.1 Å². The first-order chi connectivity index (χ1) is 9.50. The molecule has 7 heteroatoms. The fourth-order valence-corrected chi connectivity index (χ4v) is 3.11. The number of carbonyl (C=O) groups is 1. The number of carbonyl (C=O) groups excluding carboxylic acids is 1. The van der Waals surface area contributed by atoms with Crippen molar-refractivity contribution in [1.82, 2.24) is 5.32 Å². The molecule has 0 aromatic heterocycles. The topological polar surface area (TPSA) is 38.3 Å². The summed E-state index contributed by atoms with van der Waals surface area (Å²) in [5.41, 5.74) is 0.983.